The lowest BCUT2D eigenvalue weighted by molar-refractivity contribution is -0.0642. The van der Waals surface area contributed by atoms with Gasteiger partial charge in [-0.05, 0) is 55.1 Å². The first-order valence-corrected chi connectivity index (χ1v) is 10.1. The molecule has 4 heteroatoms. The number of hydrogen-bond acceptors (Lipinski definition) is 4. The average molecular weight is 373 g/mol. The Balaban J connectivity index is 1.78. The highest BCUT2D eigenvalue weighted by Gasteiger charge is 2.72. The van der Waals surface area contributed by atoms with Crippen LogP contribution in [0.15, 0.2) is 18.2 Å². The number of benzene rings is 1. The lowest BCUT2D eigenvalue weighted by atomic mass is 9.46. The van der Waals surface area contributed by atoms with Crippen LogP contribution in [0.4, 0.5) is 0 Å². The molecular formula is C23H32O4. The number of ether oxygens (including phenoxy) is 3. The van der Waals surface area contributed by atoms with Gasteiger partial charge in [0, 0.05) is 11.6 Å². The first kappa shape index (κ1) is 18.8. The first-order chi connectivity index (χ1) is 12.7. The molecule has 27 heavy (non-hydrogen) atoms. The third kappa shape index (κ3) is 2.71. The number of hydrogen-bond donors (Lipinski definition) is 0. The molecule has 0 spiro atoms. The molecule has 0 radical (unpaired) electrons. The Morgan fingerprint density at radius 2 is 1.67 bits per heavy atom. The van der Waals surface area contributed by atoms with Crippen LogP contribution in [0.2, 0.25) is 0 Å². The predicted octanol–water partition coefficient (Wildman–Crippen LogP) is 4.90. The second-order valence-electron chi connectivity index (χ2n) is 9.83. The van der Waals surface area contributed by atoms with Crippen molar-refractivity contribution in [1.82, 2.24) is 0 Å². The molecule has 4 nitrogen and oxygen atoms in total. The number of carbonyl (C=O) groups is 1. The van der Waals surface area contributed by atoms with E-state index in [0.717, 1.165) is 12.8 Å². The fourth-order valence-corrected chi connectivity index (χ4v) is 6.45. The molecule has 5 atom stereocenters. The molecule has 1 aliphatic heterocycles. The molecule has 3 fully saturated rings. The topological polar surface area (TPSA) is 48.1 Å². The van der Waals surface area contributed by atoms with Gasteiger partial charge in [0.05, 0.1) is 26.2 Å². The molecule has 0 bridgehead atoms. The second-order valence-corrected chi connectivity index (χ2v) is 9.83. The summed E-state index contributed by atoms with van der Waals surface area (Å²) in [5.74, 6) is 1.84. The molecule has 0 aromatic heterocycles. The number of ketones is 1. The Kier molecular flexibility index (Phi) is 4.16. The van der Waals surface area contributed by atoms with E-state index in [1.807, 2.05) is 18.2 Å². The zero-order chi connectivity index (χ0) is 19.6. The van der Waals surface area contributed by atoms with Gasteiger partial charge in [0.2, 0.25) is 0 Å². The number of rotatable bonds is 4. The van der Waals surface area contributed by atoms with Gasteiger partial charge < -0.3 is 14.2 Å². The van der Waals surface area contributed by atoms with E-state index in [-0.39, 0.29) is 34.2 Å². The molecule has 3 aliphatic rings. The van der Waals surface area contributed by atoms with Crippen LogP contribution in [0.1, 0.15) is 63.7 Å². The van der Waals surface area contributed by atoms with E-state index >= 15 is 0 Å². The zero-order valence-corrected chi connectivity index (χ0v) is 17.4. The number of Topliss-reactive ketones (excluding diaryl/α,β-unsaturated/α-hetero) is 1. The molecule has 1 aromatic rings. The highest BCUT2D eigenvalue weighted by molar-refractivity contribution is 6.00. The Bertz CT molecular complexity index is 747. The molecule has 1 aromatic carbocycles. The van der Waals surface area contributed by atoms with Crippen molar-refractivity contribution < 1.29 is 19.0 Å². The van der Waals surface area contributed by atoms with Gasteiger partial charge in [-0.2, -0.15) is 0 Å². The van der Waals surface area contributed by atoms with Crippen molar-refractivity contribution in [2.75, 3.05) is 14.2 Å². The van der Waals surface area contributed by atoms with Crippen molar-refractivity contribution in [3.05, 3.63) is 23.8 Å². The summed E-state index contributed by atoms with van der Waals surface area (Å²) < 4.78 is 17.0. The average Bonchev–Trinajstić information content (AvgIpc) is 3.29. The monoisotopic (exact) mass is 372 g/mol. The van der Waals surface area contributed by atoms with Gasteiger partial charge in [0.15, 0.2) is 5.78 Å². The van der Waals surface area contributed by atoms with Crippen LogP contribution in [-0.2, 0) is 4.74 Å². The van der Waals surface area contributed by atoms with Crippen LogP contribution < -0.4 is 9.47 Å². The Morgan fingerprint density at radius 1 is 1.04 bits per heavy atom. The summed E-state index contributed by atoms with van der Waals surface area (Å²) in [6.07, 6.45) is 4.76. The lowest BCUT2D eigenvalue weighted by Crippen LogP contribution is -2.56. The first-order valence-electron chi connectivity index (χ1n) is 10.1. The van der Waals surface area contributed by atoms with E-state index in [9.17, 15) is 4.79 Å². The van der Waals surface area contributed by atoms with Crippen LogP contribution in [0.3, 0.4) is 0 Å². The summed E-state index contributed by atoms with van der Waals surface area (Å²) >= 11 is 0. The minimum absolute atomic E-state index is 0.0447. The number of epoxide rings is 1. The van der Waals surface area contributed by atoms with Gasteiger partial charge in [-0.1, -0.05) is 27.2 Å². The smallest absolute Gasteiger partial charge is 0.169 e. The Hall–Kier alpha value is -1.55. The minimum Gasteiger partial charge on any atom is -0.497 e. The van der Waals surface area contributed by atoms with E-state index in [0.29, 0.717) is 23.0 Å². The fourth-order valence-electron chi connectivity index (χ4n) is 6.45. The van der Waals surface area contributed by atoms with Crippen molar-refractivity contribution in [2.24, 2.45) is 22.7 Å². The van der Waals surface area contributed by atoms with E-state index in [2.05, 4.69) is 27.7 Å². The summed E-state index contributed by atoms with van der Waals surface area (Å²) in [6.45, 7) is 9.22. The number of methoxy groups -OCH3 is 2. The molecule has 2 saturated carbocycles. The Labute approximate surface area is 162 Å². The van der Waals surface area contributed by atoms with Crippen molar-refractivity contribution in [3.63, 3.8) is 0 Å². The molecule has 1 heterocycles. The highest BCUT2D eigenvalue weighted by Crippen LogP contribution is 2.68. The molecule has 4 rings (SSSR count). The number of carbonyl (C=O) groups excluding carboxylic acids is 1. The van der Waals surface area contributed by atoms with Crippen molar-refractivity contribution in [3.8, 4) is 11.5 Å². The quantitative estimate of drug-likeness (QED) is 0.557. The second kappa shape index (κ2) is 5.97. The van der Waals surface area contributed by atoms with Gasteiger partial charge in [0.25, 0.3) is 0 Å². The molecule has 148 valence electrons. The Morgan fingerprint density at radius 3 is 2.26 bits per heavy atom. The zero-order valence-electron chi connectivity index (χ0n) is 17.4. The summed E-state index contributed by atoms with van der Waals surface area (Å²) in [7, 11) is 3.23. The maximum atomic E-state index is 13.9. The summed E-state index contributed by atoms with van der Waals surface area (Å²) in [5.41, 5.74) is 0.519. The molecule has 2 aliphatic carbocycles. The molecule has 1 saturated heterocycles. The van der Waals surface area contributed by atoms with E-state index in [4.69, 9.17) is 14.2 Å². The van der Waals surface area contributed by atoms with Crippen molar-refractivity contribution in [1.29, 1.82) is 0 Å². The van der Waals surface area contributed by atoms with Crippen LogP contribution >= 0.6 is 0 Å². The van der Waals surface area contributed by atoms with Crippen molar-refractivity contribution in [2.45, 2.75) is 65.1 Å². The highest BCUT2D eigenvalue weighted by atomic mass is 16.6. The SMILES string of the molecule is COc1cc(OC)cc(C(=O)[C@@H]2[C@@]3(C)CCCC(C)(C)[C@@H]3C[C@H]3O[C@@]23C)c1. The predicted molar refractivity (Wildman–Crippen MR) is 104 cm³/mol. The third-order valence-corrected chi connectivity index (χ3v) is 7.83. The van der Waals surface area contributed by atoms with Crippen LogP contribution in [0.25, 0.3) is 0 Å². The molecule has 0 N–H and O–H groups in total. The summed E-state index contributed by atoms with van der Waals surface area (Å²) in [6, 6.07) is 5.49. The maximum Gasteiger partial charge on any atom is 0.169 e. The van der Waals surface area contributed by atoms with Crippen LogP contribution in [0.5, 0.6) is 11.5 Å². The normalized spacial score (nSPS) is 39.1. The molecule has 0 amide bonds. The molecular weight excluding hydrogens is 340 g/mol. The van der Waals surface area contributed by atoms with Crippen LogP contribution in [0, 0.1) is 22.7 Å². The van der Waals surface area contributed by atoms with E-state index in [1.165, 1.54) is 12.8 Å². The minimum atomic E-state index is -0.341. The summed E-state index contributed by atoms with van der Waals surface area (Å²) in [5, 5.41) is 0. The van der Waals surface area contributed by atoms with E-state index in [1.54, 1.807) is 14.2 Å². The van der Waals surface area contributed by atoms with Crippen LogP contribution in [-0.4, -0.2) is 31.7 Å². The van der Waals surface area contributed by atoms with Crippen molar-refractivity contribution >= 4 is 5.78 Å². The largest absolute Gasteiger partial charge is 0.497 e. The fraction of sp³-hybridized carbons (Fsp3) is 0.696. The van der Waals surface area contributed by atoms with Gasteiger partial charge >= 0.3 is 0 Å². The van der Waals surface area contributed by atoms with Gasteiger partial charge in [-0.15, -0.1) is 0 Å². The van der Waals surface area contributed by atoms with Gasteiger partial charge in [0.1, 0.15) is 17.1 Å². The lowest BCUT2D eigenvalue weighted by Gasteiger charge is -2.57. The standard InChI is InChI=1S/C23H32O4/c1-21(2)8-7-9-22(3)17(21)13-18-23(4,27-18)20(22)19(24)14-10-15(25-5)12-16(11-14)26-6/h10-12,17-18,20H,7-9,13H2,1-6H3/t17-,18+,20+,22-,23+/m0/s1. The van der Waals surface area contributed by atoms with Gasteiger partial charge in [-0.3, -0.25) is 4.79 Å². The number of fused-ring (bicyclic) bond motifs is 2. The third-order valence-electron chi connectivity index (χ3n) is 7.83. The maximum absolute atomic E-state index is 13.9. The molecule has 0 unspecified atom stereocenters. The van der Waals surface area contributed by atoms with Gasteiger partial charge in [-0.25, -0.2) is 0 Å². The van der Waals surface area contributed by atoms with E-state index < -0.39 is 0 Å². The summed E-state index contributed by atoms with van der Waals surface area (Å²) in [4.78, 5) is 13.9.